The number of hydrogen-bond donors (Lipinski definition) is 1. The molecule has 1 aromatic carbocycles. The minimum absolute atomic E-state index is 0.0109. The molecule has 2 heterocycles. The summed E-state index contributed by atoms with van der Waals surface area (Å²) < 4.78 is 5.69. The number of nitrogens with one attached hydrogen (secondary N) is 1. The van der Waals surface area contributed by atoms with E-state index in [2.05, 4.69) is 12.2 Å². The molecule has 1 aromatic rings. The second-order valence-electron chi connectivity index (χ2n) is 9.49. The van der Waals surface area contributed by atoms with Gasteiger partial charge in [0, 0.05) is 37.6 Å². The number of carbonyl (C=O) groups excluding carboxylic acids is 3. The third-order valence-corrected chi connectivity index (χ3v) is 6.17. The Labute approximate surface area is 185 Å². The van der Waals surface area contributed by atoms with E-state index in [1.165, 1.54) is 0 Å². The van der Waals surface area contributed by atoms with Crippen LogP contribution in [0.5, 0.6) is 5.75 Å². The molecule has 0 spiro atoms. The van der Waals surface area contributed by atoms with E-state index in [1.807, 2.05) is 49.9 Å². The van der Waals surface area contributed by atoms with Crippen molar-refractivity contribution in [2.24, 2.45) is 5.92 Å². The molecule has 3 rings (SSSR count). The van der Waals surface area contributed by atoms with Crippen LogP contribution >= 0.6 is 0 Å². The molecule has 1 unspecified atom stereocenters. The number of benzene rings is 1. The third kappa shape index (κ3) is 5.77. The monoisotopic (exact) mass is 429 g/mol. The summed E-state index contributed by atoms with van der Waals surface area (Å²) >= 11 is 0. The van der Waals surface area contributed by atoms with Crippen LogP contribution in [0.15, 0.2) is 24.3 Å². The average molecular weight is 430 g/mol. The number of para-hydroxylation sites is 1. The molecule has 7 heteroatoms. The number of hydrogen-bond acceptors (Lipinski definition) is 4. The Morgan fingerprint density at radius 2 is 1.84 bits per heavy atom. The molecule has 2 aliphatic rings. The van der Waals surface area contributed by atoms with Crippen LogP contribution in [0.25, 0.3) is 0 Å². The molecular weight excluding hydrogens is 394 g/mol. The molecule has 1 atom stereocenters. The van der Waals surface area contributed by atoms with Gasteiger partial charge in [0.15, 0.2) is 6.61 Å². The van der Waals surface area contributed by atoms with Gasteiger partial charge in [0.25, 0.3) is 5.91 Å². The summed E-state index contributed by atoms with van der Waals surface area (Å²) in [5, 5.41) is 3.03. The Hall–Kier alpha value is -2.57. The zero-order chi connectivity index (χ0) is 22.6. The lowest BCUT2D eigenvalue weighted by atomic mass is 10.0. The molecule has 0 bridgehead atoms. The van der Waals surface area contributed by atoms with E-state index < -0.39 is 0 Å². The minimum Gasteiger partial charge on any atom is -0.483 e. The maximum atomic E-state index is 12.9. The van der Waals surface area contributed by atoms with E-state index in [4.69, 9.17) is 4.74 Å². The van der Waals surface area contributed by atoms with Crippen LogP contribution in [0.4, 0.5) is 0 Å². The highest BCUT2D eigenvalue weighted by Gasteiger charge is 2.41. The van der Waals surface area contributed by atoms with E-state index in [1.54, 1.807) is 4.90 Å². The van der Waals surface area contributed by atoms with Crippen molar-refractivity contribution in [1.82, 2.24) is 15.1 Å². The Bertz CT molecular complexity index is 809. The first kappa shape index (κ1) is 23.1. The number of piperidine rings is 1. The first-order valence-electron chi connectivity index (χ1n) is 11.3. The number of nitrogens with zero attached hydrogens (tertiary/aromatic N) is 2. The Kier molecular flexibility index (Phi) is 7.23. The van der Waals surface area contributed by atoms with E-state index >= 15 is 0 Å². The summed E-state index contributed by atoms with van der Waals surface area (Å²) in [7, 11) is 0. The lowest BCUT2D eigenvalue weighted by Crippen LogP contribution is -2.49. The van der Waals surface area contributed by atoms with Crippen LogP contribution in [-0.4, -0.2) is 65.3 Å². The predicted octanol–water partition coefficient (Wildman–Crippen LogP) is 2.38. The number of ether oxygens (including phenoxy) is 1. The number of aryl methyl sites for hydroxylation is 1. The van der Waals surface area contributed by atoms with Gasteiger partial charge in [-0.1, -0.05) is 25.1 Å². The van der Waals surface area contributed by atoms with Gasteiger partial charge in [-0.2, -0.15) is 0 Å². The fraction of sp³-hybridized carbons (Fsp3) is 0.625. The largest absolute Gasteiger partial charge is 0.483 e. The quantitative estimate of drug-likeness (QED) is 0.753. The molecule has 3 amide bonds. The summed E-state index contributed by atoms with van der Waals surface area (Å²) in [6.07, 6.45) is 2.58. The van der Waals surface area contributed by atoms with Gasteiger partial charge in [-0.25, -0.2) is 0 Å². The van der Waals surface area contributed by atoms with Crippen molar-refractivity contribution < 1.29 is 19.1 Å². The van der Waals surface area contributed by atoms with Gasteiger partial charge in [0.2, 0.25) is 11.8 Å². The Balaban J connectivity index is 1.43. The van der Waals surface area contributed by atoms with E-state index in [0.717, 1.165) is 17.7 Å². The summed E-state index contributed by atoms with van der Waals surface area (Å²) in [5.74, 6) is 0.459. The third-order valence-electron chi connectivity index (χ3n) is 6.17. The Morgan fingerprint density at radius 1 is 1.16 bits per heavy atom. The second kappa shape index (κ2) is 9.71. The standard InChI is InChI=1S/C24H35N3O4/c1-5-17-8-6-7-9-20(17)31-16-21(28)25-19-10-12-26(13-11-19)23(30)18-14-22(29)27(15-18)24(2,3)4/h6-9,18-19H,5,10-16H2,1-4H3,(H,25,28). The predicted molar refractivity (Wildman–Crippen MR) is 119 cm³/mol. The van der Waals surface area contributed by atoms with E-state index in [0.29, 0.717) is 38.9 Å². The van der Waals surface area contributed by atoms with Crippen molar-refractivity contribution in [3.8, 4) is 5.75 Å². The smallest absolute Gasteiger partial charge is 0.258 e. The molecule has 2 aliphatic heterocycles. The van der Waals surface area contributed by atoms with Crippen molar-refractivity contribution >= 4 is 17.7 Å². The zero-order valence-corrected chi connectivity index (χ0v) is 19.1. The van der Waals surface area contributed by atoms with Gasteiger partial charge < -0.3 is 19.9 Å². The maximum absolute atomic E-state index is 12.9. The van der Waals surface area contributed by atoms with Crippen LogP contribution in [-0.2, 0) is 20.8 Å². The normalized spacial score (nSPS) is 20.1. The molecule has 7 nitrogen and oxygen atoms in total. The average Bonchev–Trinajstić information content (AvgIpc) is 3.14. The second-order valence-corrected chi connectivity index (χ2v) is 9.49. The van der Waals surface area contributed by atoms with Crippen LogP contribution in [0.1, 0.15) is 52.5 Å². The topological polar surface area (TPSA) is 79.0 Å². The van der Waals surface area contributed by atoms with E-state index in [-0.39, 0.29) is 41.8 Å². The van der Waals surface area contributed by atoms with Gasteiger partial charge in [-0.3, -0.25) is 14.4 Å². The molecular formula is C24H35N3O4. The first-order chi connectivity index (χ1) is 14.7. The molecule has 2 saturated heterocycles. The lowest BCUT2D eigenvalue weighted by molar-refractivity contribution is -0.137. The van der Waals surface area contributed by atoms with Crippen molar-refractivity contribution in [3.63, 3.8) is 0 Å². The van der Waals surface area contributed by atoms with Crippen molar-refractivity contribution in [2.75, 3.05) is 26.2 Å². The van der Waals surface area contributed by atoms with Crippen molar-refractivity contribution in [1.29, 1.82) is 0 Å². The van der Waals surface area contributed by atoms with Gasteiger partial charge in [0.1, 0.15) is 5.75 Å². The minimum atomic E-state index is -0.261. The van der Waals surface area contributed by atoms with Crippen molar-refractivity contribution in [3.05, 3.63) is 29.8 Å². The van der Waals surface area contributed by atoms with Crippen LogP contribution < -0.4 is 10.1 Å². The van der Waals surface area contributed by atoms with Crippen molar-refractivity contribution in [2.45, 2.75) is 65.0 Å². The highest BCUT2D eigenvalue weighted by atomic mass is 16.5. The number of amides is 3. The van der Waals surface area contributed by atoms with E-state index in [9.17, 15) is 14.4 Å². The van der Waals surface area contributed by atoms with Crippen LogP contribution in [0.3, 0.4) is 0 Å². The summed E-state index contributed by atoms with van der Waals surface area (Å²) in [6, 6.07) is 7.78. The van der Waals surface area contributed by atoms with Gasteiger partial charge in [-0.05, 0) is 51.7 Å². The number of carbonyl (C=O) groups is 3. The molecule has 31 heavy (non-hydrogen) atoms. The first-order valence-corrected chi connectivity index (χ1v) is 11.3. The fourth-order valence-electron chi connectivity index (χ4n) is 4.37. The van der Waals surface area contributed by atoms with Gasteiger partial charge in [-0.15, -0.1) is 0 Å². The SMILES string of the molecule is CCc1ccccc1OCC(=O)NC1CCN(C(=O)C2CC(=O)N(C(C)(C)C)C2)CC1. The van der Waals surface area contributed by atoms with Crippen LogP contribution in [0.2, 0.25) is 0 Å². The maximum Gasteiger partial charge on any atom is 0.258 e. The number of rotatable bonds is 6. The molecule has 1 N–H and O–H groups in total. The van der Waals surface area contributed by atoms with Gasteiger partial charge >= 0.3 is 0 Å². The highest BCUT2D eigenvalue weighted by Crippen LogP contribution is 2.28. The highest BCUT2D eigenvalue weighted by molar-refractivity contribution is 5.89. The summed E-state index contributed by atoms with van der Waals surface area (Å²) in [4.78, 5) is 41.2. The summed E-state index contributed by atoms with van der Waals surface area (Å²) in [6.45, 7) is 9.73. The molecule has 170 valence electrons. The fourth-order valence-corrected chi connectivity index (χ4v) is 4.37. The lowest BCUT2D eigenvalue weighted by Gasteiger charge is -2.35. The molecule has 0 radical (unpaired) electrons. The van der Waals surface area contributed by atoms with Gasteiger partial charge in [0.05, 0.1) is 5.92 Å². The Morgan fingerprint density at radius 3 is 2.45 bits per heavy atom. The zero-order valence-electron chi connectivity index (χ0n) is 19.1. The summed E-state index contributed by atoms with van der Waals surface area (Å²) in [5.41, 5.74) is 0.820. The molecule has 0 aliphatic carbocycles. The molecule has 0 aromatic heterocycles. The van der Waals surface area contributed by atoms with Crippen LogP contribution in [0, 0.1) is 5.92 Å². The molecule has 2 fully saturated rings. The number of likely N-dealkylation sites (tertiary alicyclic amines) is 2. The molecule has 0 saturated carbocycles.